The molecule has 1 atom stereocenters. The number of aryl methyl sites for hydroxylation is 3. The normalized spacial score (nSPS) is 13.0. The molecule has 0 fully saturated rings. The van der Waals surface area contributed by atoms with E-state index in [-0.39, 0.29) is 4.90 Å². The number of anilines is 1. The highest BCUT2D eigenvalue weighted by atomic mass is 32.2. The van der Waals surface area contributed by atoms with Gasteiger partial charge in [-0.1, -0.05) is 35.9 Å². The molecule has 0 amide bonds. The van der Waals surface area contributed by atoms with E-state index >= 15 is 0 Å². The Kier molecular flexibility index (Phi) is 7.72. The number of hydrogen-bond donors (Lipinski definition) is 1. The Balaban J connectivity index is 2.42. The molecule has 170 valence electrons. The van der Waals surface area contributed by atoms with Gasteiger partial charge in [-0.05, 0) is 44.0 Å². The number of rotatable bonds is 8. The second-order valence-corrected chi connectivity index (χ2v) is 8.89. The number of alkyl halides is 3. The number of halogens is 3. The zero-order chi connectivity index (χ0) is 23.4. The van der Waals surface area contributed by atoms with Gasteiger partial charge in [-0.2, -0.15) is 17.9 Å². The van der Waals surface area contributed by atoms with E-state index in [4.69, 9.17) is 0 Å². The Bertz CT molecular complexity index is 1000. The lowest BCUT2D eigenvalue weighted by molar-refractivity contribution is -0.150. The van der Waals surface area contributed by atoms with Crippen molar-refractivity contribution in [2.24, 2.45) is 0 Å². The largest absolute Gasteiger partial charge is 0.468 e. The second-order valence-electron chi connectivity index (χ2n) is 7.24. The molecule has 2 rings (SSSR count). The van der Waals surface area contributed by atoms with Crippen LogP contribution in [0.4, 0.5) is 18.9 Å². The average molecular weight is 459 g/mol. The fraction of sp³-hybridized carbons (Fsp3) is 0.381. The fourth-order valence-electron chi connectivity index (χ4n) is 3.39. The first-order chi connectivity index (χ1) is 14.3. The van der Waals surface area contributed by atoms with Crippen LogP contribution in [0.15, 0.2) is 47.4 Å². The molecule has 2 aromatic rings. The minimum atomic E-state index is -4.90. The van der Waals surface area contributed by atoms with E-state index < -0.39 is 41.3 Å². The molecular formula is C21H25F3N2O4S. The van der Waals surface area contributed by atoms with Gasteiger partial charge >= 0.3 is 12.1 Å². The van der Waals surface area contributed by atoms with Crippen molar-refractivity contribution in [1.82, 2.24) is 4.72 Å². The highest BCUT2D eigenvalue weighted by Crippen LogP contribution is 2.27. The smallest absolute Gasteiger partial charge is 0.406 e. The Morgan fingerprint density at radius 2 is 1.65 bits per heavy atom. The number of carbonyl (C=O) groups is 1. The van der Waals surface area contributed by atoms with Crippen LogP contribution in [0.5, 0.6) is 0 Å². The maximum absolute atomic E-state index is 13.9. The van der Waals surface area contributed by atoms with E-state index in [2.05, 4.69) is 4.74 Å². The van der Waals surface area contributed by atoms with Crippen molar-refractivity contribution in [2.45, 2.75) is 37.9 Å². The second kappa shape index (κ2) is 9.69. The van der Waals surface area contributed by atoms with Gasteiger partial charge < -0.3 is 9.64 Å². The van der Waals surface area contributed by atoms with Crippen molar-refractivity contribution in [1.29, 1.82) is 0 Å². The lowest BCUT2D eigenvalue weighted by Crippen LogP contribution is -2.53. The minimum Gasteiger partial charge on any atom is -0.468 e. The van der Waals surface area contributed by atoms with Gasteiger partial charge in [0.15, 0.2) is 0 Å². The van der Waals surface area contributed by atoms with Crippen LogP contribution >= 0.6 is 0 Å². The van der Waals surface area contributed by atoms with Crippen molar-refractivity contribution in [3.05, 3.63) is 59.2 Å². The fourth-order valence-corrected chi connectivity index (χ4v) is 5.05. The number of hydrogen-bond acceptors (Lipinski definition) is 5. The van der Waals surface area contributed by atoms with Crippen molar-refractivity contribution < 1.29 is 31.1 Å². The molecule has 0 aromatic heterocycles. The van der Waals surface area contributed by atoms with Crippen LogP contribution in [-0.2, 0) is 19.6 Å². The van der Waals surface area contributed by atoms with E-state index in [0.29, 0.717) is 16.8 Å². The number of methoxy groups -OCH3 is 1. The minimum absolute atomic E-state index is 0.188. The van der Waals surface area contributed by atoms with Crippen LogP contribution in [0.1, 0.15) is 16.7 Å². The quantitative estimate of drug-likeness (QED) is 0.613. The summed E-state index contributed by atoms with van der Waals surface area (Å²) in [6.45, 7) is 3.55. The molecule has 0 saturated carbocycles. The van der Waals surface area contributed by atoms with Gasteiger partial charge in [0.25, 0.3) is 0 Å². The summed E-state index contributed by atoms with van der Waals surface area (Å²) in [7, 11) is -3.37. The lowest BCUT2D eigenvalue weighted by atomic mass is 10.1. The predicted octanol–water partition coefficient (Wildman–Crippen LogP) is 3.50. The highest BCUT2D eigenvalue weighted by Gasteiger charge is 2.44. The van der Waals surface area contributed by atoms with Crippen LogP contribution in [0.2, 0.25) is 0 Å². The van der Waals surface area contributed by atoms with E-state index in [1.54, 1.807) is 42.0 Å². The van der Waals surface area contributed by atoms with Gasteiger partial charge in [0, 0.05) is 12.2 Å². The zero-order valence-electron chi connectivity index (χ0n) is 17.7. The van der Waals surface area contributed by atoms with Crippen LogP contribution in [0.25, 0.3) is 0 Å². The third-order valence-electron chi connectivity index (χ3n) is 4.64. The maximum Gasteiger partial charge on any atom is 0.406 e. The topological polar surface area (TPSA) is 75.7 Å². The third-order valence-corrected chi connectivity index (χ3v) is 6.41. The first-order valence-electron chi connectivity index (χ1n) is 9.39. The number of esters is 1. The lowest BCUT2D eigenvalue weighted by Gasteiger charge is -2.30. The predicted molar refractivity (Wildman–Crippen MR) is 111 cm³/mol. The highest BCUT2D eigenvalue weighted by molar-refractivity contribution is 7.89. The number of ether oxygens (including phenoxy) is 1. The van der Waals surface area contributed by atoms with Crippen LogP contribution < -0.4 is 9.62 Å². The van der Waals surface area contributed by atoms with E-state index in [9.17, 15) is 26.4 Å². The molecule has 10 heteroatoms. The summed E-state index contributed by atoms with van der Waals surface area (Å²) in [5, 5.41) is 0. The van der Waals surface area contributed by atoms with Crippen LogP contribution in [0, 0.1) is 20.8 Å². The van der Waals surface area contributed by atoms with Crippen molar-refractivity contribution in [2.75, 3.05) is 25.1 Å². The molecule has 2 aromatic carbocycles. The molecule has 0 aliphatic rings. The zero-order valence-corrected chi connectivity index (χ0v) is 18.5. The Labute approximate surface area is 180 Å². The Morgan fingerprint density at radius 1 is 1.10 bits per heavy atom. The first-order valence-corrected chi connectivity index (χ1v) is 10.9. The standard InChI is InChI=1S/C21H25F3N2O4S/c1-14-10-15(2)20(16(3)11-14)31(28,29)25-18(21(22,23)24)12-26(13-19(27)30-4)17-8-6-5-7-9-17/h5-11,18,25H,12-13H2,1-4H3. The van der Waals surface area contributed by atoms with Gasteiger partial charge in [0.2, 0.25) is 10.0 Å². The summed E-state index contributed by atoms with van der Waals surface area (Å²) in [4.78, 5) is 12.7. The number of sulfonamides is 1. The molecule has 1 unspecified atom stereocenters. The summed E-state index contributed by atoms with van der Waals surface area (Å²) in [5.74, 6) is -0.752. The third kappa shape index (κ3) is 6.44. The summed E-state index contributed by atoms with van der Waals surface area (Å²) in [5.41, 5.74) is 1.82. The Hall–Kier alpha value is -2.59. The molecule has 0 aliphatic carbocycles. The molecule has 0 saturated heterocycles. The van der Waals surface area contributed by atoms with E-state index in [0.717, 1.165) is 17.6 Å². The molecule has 31 heavy (non-hydrogen) atoms. The van der Waals surface area contributed by atoms with Gasteiger partial charge in [-0.25, -0.2) is 8.42 Å². The molecule has 6 nitrogen and oxygen atoms in total. The van der Waals surface area contributed by atoms with Crippen LogP contribution in [-0.4, -0.2) is 46.8 Å². The molecule has 0 radical (unpaired) electrons. The van der Waals surface area contributed by atoms with Gasteiger partial charge in [-0.15, -0.1) is 0 Å². The van der Waals surface area contributed by atoms with Gasteiger partial charge in [0.1, 0.15) is 12.6 Å². The molecule has 0 spiro atoms. The number of nitrogens with zero attached hydrogens (tertiary/aromatic N) is 1. The van der Waals surface area contributed by atoms with Crippen molar-refractivity contribution in [3.63, 3.8) is 0 Å². The van der Waals surface area contributed by atoms with Crippen molar-refractivity contribution in [3.8, 4) is 0 Å². The average Bonchev–Trinajstić information content (AvgIpc) is 2.65. The van der Waals surface area contributed by atoms with E-state index in [1.807, 2.05) is 0 Å². The van der Waals surface area contributed by atoms with Crippen LogP contribution in [0.3, 0.4) is 0 Å². The summed E-state index contributed by atoms with van der Waals surface area (Å²) >= 11 is 0. The monoisotopic (exact) mass is 458 g/mol. The van der Waals surface area contributed by atoms with Crippen molar-refractivity contribution >= 4 is 21.7 Å². The summed E-state index contributed by atoms with van der Waals surface area (Å²) in [6.07, 6.45) is -4.90. The Morgan fingerprint density at radius 3 is 2.13 bits per heavy atom. The SMILES string of the molecule is COC(=O)CN(CC(NS(=O)(=O)c1c(C)cc(C)cc1C)C(F)(F)F)c1ccccc1. The van der Waals surface area contributed by atoms with Gasteiger partial charge in [0.05, 0.1) is 12.0 Å². The van der Waals surface area contributed by atoms with Gasteiger partial charge in [-0.3, -0.25) is 4.79 Å². The maximum atomic E-state index is 13.9. The molecule has 0 heterocycles. The number of carbonyl (C=O) groups excluding carboxylic acids is 1. The molecule has 0 aliphatic heterocycles. The molecular weight excluding hydrogens is 433 g/mol. The van der Waals surface area contributed by atoms with E-state index in [1.165, 1.54) is 26.0 Å². The summed E-state index contributed by atoms with van der Waals surface area (Å²) in [6, 6.07) is 8.67. The summed E-state index contributed by atoms with van der Waals surface area (Å²) < 4.78 is 73.8. The first kappa shape index (κ1) is 24.7. The molecule has 1 N–H and O–H groups in total. The molecule has 0 bridgehead atoms. The number of benzene rings is 2. The number of para-hydroxylation sites is 1. The number of nitrogens with one attached hydrogen (secondary N) is 1.